The van der Waals surface area contributed by atoms with Crippen molar-refractivity contribution in [3.05, 3.63) is 58.4 Å². The third kappa shape index (κ3) is 6.93. The first-order chi connectivity index (χ1) is 21.2. The van der Waals surface area contributed by atoms with E-state index in [2.05, 4.69) is 25.8 Å². The molecule has 6 rings (SSSR count). The van der Waals surface area contributed by atoms with Crippen molar-refractivity contribution in [2.24, 2.45) is 5.92 Å². The SMILES string of the molecule is O=C1Cc2cc(C(=O)NC3C[C@H]4CC[C@@H](C3)N4S(=O)(=O)CC3CCN(CCCNC(=O)c4ccccn4)CC3)c(Cl)cc2N1. The molecule has 4 aliphatic rings. The molecule has 3 fully saturated rings. The maximum Gasteiger partial charge on any atom is 0.269 e. The monoisotopic (exact) mass is 642 g/mol. The summed E-state index contributed by atoms with van der Waals surface area (Å²) in [6, 6.07) is 8.19. The first kappa shape index (κ1) is 30.9. The Morgan fingerprint density at radius 2 is 1.80 bits per heavy atom. The standard InChI is InChI=1S/C31H39ClN6O5S/c32-26-18-28-21(15-29(39)36-28)14-25(26)30(40)35-22-16-23-5-6-24(17-22)38(23)44(42,43)19-20-7-12-37(13-8-20)11-3-10-34-31(41)27-4-1-2-9-33-27/h1-2,4,9,14,18,20,22-24H,3,5-8,10-13,15-17,19H2,(H,34,41)(H,35,40)(H,36,39)/t22?,23-,24+. The molecule has 0 spiro atoms. The van der Waals surface area contributed by atoms with E-state index in [0.29, 0.717) is 36.3 Å². The average molecular weight is 643 g/mol. The Morgan fingerprint density at radius 1 is 1.05 bits per heavy atom. The number of carbonyl (C=O) groups excluding carboxylic acids is 3. The summed E-state index contributed by atoms with van der Waals surface area (Å²) in [5, 5.41) is 9.02. The molecule has 236 valence electrons. The fraction of sp³-hybridized carbons (Fsp3) is 0.548. The lowest BCUT2D eigenvalue weighted by molar-refractivity contribution is -0.115. The quantitative estimate of drug-likeness (QED) is 0.339. The first-order valence-electron chi connectivity index (χ1n) is 15.5. The Hall–Kier alpha value is -3.06. The number of aromatic nitrogens is 1. The predicted molar refractivity (Wildman–Crippen MR) is 167 cm³/mol. The maximum absolute atomic E-state index is 13.6. The van der Waals surface area contributed by atoms with Crippen molar-refractivity contribution in [3.63, 3.8) is 0 Å². The van der Waals surface area contributed by atoms with Gasteiger partial charge in [0.1, 0.15) is 5.69 Å². The minimum atomic E-state index is -3.43. The summed E-state index contributed by atoms with van der Waals surface area (Å²) in [7, 11) is -3.43. The van der Waals surface area contributed by atoms with Gasteiger partial charge in [-0.15, -0.1) is 0 Å². The number of piperidine rings is 2. The van der Waals surface area contributed by atoms with Crippen LogP contribution in [0.3, 0.4) is 0 Å². The third-order valence-corrected chi connectivity index (χ3v) is 11.8. The zero-order valence-corrected chi connectivity index (χ0v) is 26.2. The second-order valence-corrected chi connectivity index (χ2v) is 14.8. The van der Waals surface area contributed by atoms with Gasteiger partial charge >= 0.3 is 0 Å². The number of sulfonamides is 1. The second kappa shape index (κ2) is 13.1. The van der Waals surface area contributed by atoms with Crippen molar-refractivity contribution in [1.82, 2.24) is 24.8 Å². The van der Waals surface area contributed by atoms with Crippen LogP contribution in [0.1, 0.15) is 71.4 Å². The summed E-state index contributed by atoms with van der Waals surface area (Å²) in [5.74, 6) is -0.290. The Kier molecular flexibility index (Phi) is 9.23. The molecule has 3 N–H and O–H groups in total. The molecule has 0 saturated carbocycles. The minimum Gasteiger partial charge on any atom is -0.351 e. The summed E-state index contributed by atoms with van der Waals surface area (Å²) in [5.41, 5.74) is 2.14. The van der Waals surface area contributed by atoms with E-state index >= 15 is 0 Å². The first-order valence-corrected chi connectivity index (χ1v) is 17.5. The molecule has 3 atom stereocenters. The Labute approximate surface area is 263 Å². The molecule has 1 aromatic carbocycles. The van der Waals surface area contributed by atoms with Crippen LogP contribution in [0, 0.1) is 5.92 Å². The van der Waals surface area contributed by atoms with Crippen molar-refractivity contribution < 1.29 is 22.8 Å². The Bertz CT molecular complexity index is 1500. The number of likely N-dealkylation sites (tertiary alicyclic amines) is 1. The highest BCUT2D eigenvalue weighted by Gasteiger charge is 2.47. The summed E-state index contributed by atoms with van der Waals surface area (Å²) < 4.78 is 29.0. The number of nitrogens with zero attached hydrogens (tertiary/aromatic N) is 3. The smallest absolute Gasteiger partial charge is 0.269 e. The van der Waals surface area contributed by atoms with Crippen molar-refractivity contribution in [1.29, 1.82) is 0 Å². The fourth-order valence-corrected chi connectivity index (χ4v) is 9.89. The number of anilines is 1. The predicted octanol–water partition coefficient (Wildman–Crippen LogP) is 2.82. The van der Waals surface area contributed by atoms with Gasteiger partial charge in [0.05, 0.1) is 22.8 Å². The number of amides is 3. The van der Waals surface area contributed by atoms with Gasteiger partial charge in [-0.05, 0) is 100 Å². The molecule has 11 nitrogen and oxygen atoms in total. The lowest BCUT2D eigenvalue weighted by atomic mass is 9.99. The topological polar surface area (TPSA) is 141 Å². The molecule has 1 unspecified atom stereocenters. The molecule has 0 radical (unpaired) electrons. The second-order valence-electron chi connectivity index (χ2n) is 12.5. The highest BCUT2D eigenvalue weighted by Crippen LogP contribution is 2.39. The molecule has 3 saturated heterocycles. The number of halogens is 1. The number of benzene rings is 1. The van der Waals surface area contributed by atoms with Crippen molar-refractivity contribution in [3.8, 4) is 0 Å². The molecule has 2 aromatic rings. The third-order valence-electron chi connectivity index (χ3n) is 9.37. The van der Waals surface area contributed by atoms with Gasteiger partial charge in [-0.3, -0.25) is 19.4 Å². The average Bonchev–Trinajstić information content (AvgIpc) is 3.51. The van der Waals surface area contributed by atoms with Crippen molar-refractivity contribution in [2.75, 3.05) is 37.2 Å². The van der Waals surface area contributed by atoms with Crippen LogP contribution >= 0.6 is 11.6 Å². The van der Waals surface area contributed by atoms with E-state index in [1.807, 2.05) is 0 Å². The molecule has 3 amide bonds. The zero-order chi connectivity index (χ0) is 30.8. The summed E-state index contributed by atoms with van der Waals surface area (Å²) in [6.07, 6.45) is 7.10. The number of fused-ring (bicyclic) bond motifs is 3. The van der Waals surface area contributed by atoms with Crippen LogP contribution in [0.4, 0.5) is 5.69 Å². The van der Waals surface area contributed by atoms with Crippen molar-refractivity contribution >= 4 is 45.0 Å². The molecule has 2 bridgehead atoms. The fourth-order valence-electron chi connectivity index (χ4n) is 7.24. The van der Waals surface area contributed by atoms with Crippen LogP contribution in [0.2, 0.25) is 5.02 Å². The number of carbonyl (C=O) groups is 3. The van der Waals surface area contributed by atoms with Gasteiger partial charge in [-0.25, -0.2) is 8.42 Å². The van der Waals surface area contributed by atoms with Crippen LogP contribution in [-0.2, 0) is 21.2 Å². The largest absolute Gasteiger partial charge is 0.351 e. The van der Waals surface area contributed by atoms with Gasteiger partial charge in [-0.1, -0.05) is 17.7 Å². The van der Waals surface area contributed by atoms with E-state index in [1.54, 1.807) is 40.8 Å². The zero-order valence-electron chi connectivity index (χ0n) is 24.6. The number of rotatable bonds is 10. The summed E-state index contributed by atoms with van der Waals surface area (Å²) in [6.45, 7) is 3.13. The molecule has 13 heteroatoms. The van der Waals surface area contributed by atoms with Gasteiger partial charge < -0.3 is 20.9 Å². The maximum atomic E-state index is 13.6. The van der Waals surface area contributed by atoms with Crippen LogP contribution < -0.4 is 16.0 Å². The molecule has 1 aromatic heterocycles. The molecular weight excluding hydrogens is 604 g/mol. The van der Waals surface area contributed by atoms with Crippen molar-refractivity contribution in [2.45, 2.75) is 69.5 Å². The number of hydrogen-bond donors (Lipinski definition) is 3. The highest BCUT2D eigenvalue weighted by atomic mass is 35.5. The van der Waals surface area contributed by atoms with E-state index in [9.17, 15) is 22.8 Å². The van der Waals surface area contributed by atoms with Gasteiger partial charge in [0.25, 0.3) is 11.8 Å². The Morgan fingerprint density at radius 3 is 2.50 bits per heavy atom. The van der Waals surface area contributed by atoms with E-state index < -0.39 is 10.0 Å². The lowest BCUT2D eigenvalue weighted by Gasteiger charge is -2.39. The van der Waals surface area contributed by atoms with E-state index in [0.717, 1.165) is 57.3 Å². The van der Waals surface area contributed by atoms with Gasteiger partial charge in [0, 0.05) is 36.6 Å². The van der Waals surface area contributed by atoms with Crippen LogP contribution in [-0.4, -0.2) is 90.4 Å². The molecule has 44 heavy (non-hydrogen) atoms. The van der Waals surface area contributed by atoms with E-state index in [-0.39, 0.29) is 59.0 Å². The lowest BCUT2D eigenvalue weighted by Crippen LogP contribution is -2.53. The molecule has 5 heterocycles. The molecule has 0 aliphatic carbocycles. The van der Waals surface area contributed by atoms with E-state index in [1.165, 1.54) is 0 Å². The van der Waals surface area contributed by atoms with Gasteiger partial charge in [-0.2, -0.15) is 4.31 Å². The van der Waals surface area contributed by atoms with Gasteiger partial charge in [0.2, 0.25) is 15.9 Å². The number of nitrogens with one attached hydrogen (secondary N) is 3. The number of pyridine rings is 1. The highest BCUT2D eigenvalue weighted by molar-refractivity contribution is 7.89. The Balaban J connectivity index is 0.949. The number of hydrogen-bond acceptors (Lipinski definition) is 7. The summed E-state index contributed by atoms with van der Waals surface area (Å²) >= 11 is 6.37. The van der Waals surface area contributed by atoms with E-state index in [4.69, 9.17) is 11.6 Å². The molecule has 4 aliphatic heterocycles. The molecular formula is C31H39ClN6O5S. The van der Waals surface area contributed by atoms with Crippen LogP contribution in [0.5, 0.6) is 0 Å². The van der Waals surface area contributed by atoms with Crippen LogP contribution in [0.15, 0.2) is 36.5 Å². The normalized spacial score (nSPS) is 24.1. The summed E-state index contributed by atoms with van der Waals surface area (Å²) in [4.78, 5) is 43.4. The van der Waals surface area contributed by atoms with Gasteiger partial charge in [0.15, 0.2) is 0 Å². The van der Waals surface area contributed by atoms with Crippen LogP contribution in [0.25, 0.3) is 0 Å². The minimum absolute atomic E-state index is 0.109.